The highest BCUT2D eigenvalue weighted by Crippen LogP contribution is 2.42. The summed E-state index contributed by atoms with van der Waals surface area (Å²) in [6.45, 7) is 0. The van der Waals surface area contributed by atoms with Crippen LogP contribution in [0, 0.1) is 0 Å². The van der Waals surface area contributed by atoms with Crippen molar-refractivity contribution < 1.29 is 4.42 Å². The van der Waals surface area contributed by atoms with Crippen LogP contribution in [0.3, 0.4) is 0 Å². The van der Waals surface area contributed by atoms with E-state index in [4.69, 9.17) is 19.4 Å². The first-order valence-electron chi connectivity index (χ1n) is 17.1. The summed E-state index contributed by atoms with van der Waals surface area (Å²) in [7, 11) is 0. The van der Waals surface area contributed by atoms with Crippen molar-refractivity contribution in [1.29, 1.82) is 0 Å². The van der Waals surface area contributed by atoms with Gasteiger partial charge < -0.3 is 4.42 Å². The highest BCUT2D eigenvalue weighted by atomic mass is 16.3. The molecule has 0 aliphatic carbocycles. The number of hydrogen-bond acceptors (Lipinski definition) is 4. The van der Waals surface area contributed by atoms with E-state index in [2.05, 4.69) is 115 Å². The fourth-order valence-electron chi connectivity index (χ4n) is 7.24. The number of fused-ring (bicyclic) bond motifs is 6. The Morgan fingerprint density at radius 1 is 0.333 bits per heavy atom. The van der Waals surface area contributed by atoms with Crippen molar-refractivity contribution in [3.8, 4) is 56.4 Å². The lowest BCUT2D eigenvalue weighted by atomic mass is 9.94. The zero-order chi connectivity index (χ0) is 33.7. The first-order chi connectivity index (χ1) is 25.3. The van der Waals surface area contributed by atoms with Crippen LogP contribution in [0.15, 0.2) is 180 Å². The average molecular weight is 652 g/mol. The first-order valence-corrected chi connectivity index (χ1v) is 17.1. The molecular formula is C47H29N3O. The van der Waals surface area contributed by atoms with Crippen molar-refractivity contribution in [2.45, 2.75) is 0 Å². The van der Waals surface area contributed by atoms with Crippen LogP contribution in [0.5, 0.6) is 0 Å². The van der Waals surface area contributed by atoms with Crippen LogP contribution in [0.2, 0.25) is 0 Å². The molecule has 0 N–H and O–H groups in total. The van der Waals surface area contributed by atoms with E-state index in [-0.39, 0.29) is 0 Å². The molecule has 0 atom stereocenters. The van der Waals surface area contributed by atoms with Gasteiger partial charge in [-0.05, 0) is 62.7 Å². The molecule has 51 heavy (non-hydrogen) atoms. The normalized spacial score (nSPS) is 11.5. The number of aromatic nitrogens is 3. The van der Waals surface area contributed by atoms with E-state index in [1.165, 1.54) is 21.9 Å². The van der Waals surface area contributed by atoms with Gasteiger partial charge in [0.25, 0.3) is 0 Å². The third-order valence-electron chi connectivity index (χ3n) is 9.70. The lowest BCUT2D eigenvalue weighted by molar-refractivity contribution is 0.673. The molecule has 4 nitrogen and oxygen atoms in total. The Kier molecular flexibility index (Phi) is 6.78. The second-order valence-corrected chi connectivity index (χ2v) is 12.8. The van der Waals surface area contributed by atoms with Crippen LogP contribution in [0.4, 0.5) is 0 Å². The lowest BCUT2D eigenvalue weighted by Crippen LogP contribution is -2.00. The second-order valence-electron chi connectivity index (χ2n) is 12.8. The van der Waals surface area contributed by atoms with Gasteiger partial charge in [0.15, 0.2) is 17.5 Å². The van der Waals surface area contributed by atoms with Crippen LogP contribution >= 0.6 is 0 Å². The molecule has 10 rings (SSSR count). The summed E-state index contributed by atoms with van der Waals surface area (Å²) in [6, 6.07) is 61.1. The Bertz CT molecular complexity index is 2850. The molecule has 0 amide bonds. The first kappa shape index (κ1) is 29.0. The van der Waals surface area contributed by atoms with Gasteiger partial charge in [0.1, 0.15) is 11.2 Å². The molecule has 2 heterocycles. The van der Waals surface area contributed by atoms with Gasteiger partial charge in [0, 0.05) is 32.8 Å². The molecule has 0 bridgehead atoms. The molecule has 0 spiro atoms. The van der Waals surface area contributed by atoms with Crippen molar-refractivity contribution in [2.75, 3.05) is 0 Å². The molecule has 2 aromatic heterocycles. The molecule has 238 valence electrons. The summed E-state index contributed by atoms with van der Waals surface area (Å²) in [5.74, 6) is 1.86. The smallest absolute Gasteiger partial charge is 0.164 e. The van der Waals surface area contributed by atoms with E-state index in [1.807, 2.05) is 60.7 Å². The highest BCUT2D eigenvalue weighted by Gasteiger charge is 2.21. The maximum absolute atomic E-state index is 6.82. The van der Waals surface area contributed by atoms with Gasteiger partial charge in [-0.3, -0.25) is 0 Å². The van der Waals surface area contributed by atoms with E-state index < -0.39 is 0 Å². The fourth-order valence-corrected chi connectivity index (χ4v) is 7.24. The Balaban J connectivity index is 1.18. The summed E-state index contributed by atoms with van der Waals surface area (Å²) in [5.41, 5.74) is 9.03. The van der Waals surface area contributed by atoms with E-state index >= 15 is 0 Å². The third kappa shape index (κ3) is 5.04. The third-order valence-corrected chi connectivity index (χ3v) is 9.70. The Morgan fingerprint density at radius 2 is 0.902 bits per heavy atom. The van der Waals surface area contributed by atoms with Gasteiger partial charge in [0.05, 0.1) is 0 Å². The lowest BCUT2D eigenvalue weighted by Gasteiger charge is -2.10. The van der Waals surface area contributed by atoms with Gasteiger partial charge in [0.2, 0.25) is 0 Å². The van der Waals surface area contributed by atoms with Crippen molar-refractivity contribution in [3.05, 3.63) is 176 Å². The molecule has 0 unspecified atom stereocenters. The van der Waals surface area contributed by atoms with Gasteiger partial charge in [-0.1, -0.05) is 152 Å². The summed E-state index contributed by atoms with van der Waals surface area (Å²) in [4.78, 5) is 15.1. The molecule has 4 heteroatoms. The van der Waals surface area contributed by atoms with E-state index in [9.17, 15) is 0 Å². The minimum absolute atomic E-state index is 0.605. The molecule has 10 aromatic rings. The van der Waals surface area contributed by atoms with Crippen LogP contribution in [0.25, 0.3) is 99.9 Å². The Morgan fingerprint density at radius 3 is 1.67 bits per heavy atom. The predicted molar refractivity (Wildman–Crippen MR) is 209 cm³/mol. The van der Waals surface area contributed by atoms with E-state index in [0.717, 1.165) is 60.5 Å². The molecule has 0 fully saturated rings. The van der Waals surface area contributed by atoms with Crippen LogP contribution in [0.1, 0.15) is 0 Å². The number of nitrogens with zero attached hydrogens (tertiary/aromatic N) is 3. The second kappa shape index (κ2) is 11.9. The highest BCUT2D eigenvalue weighted by molar-refractivity contribution is 6.21. The monoisotopic (exact) mass is 651 g/mol. The van der Waals surface area contributed by atoms with E-state index in [1.54, 1.807) is 0 Å². The van der Waals surface area contributed by atoms with Gasteiger partial charge in [-0.2, -0.15) is 0 Å². The van der Waals surface area contributed by atoms with Gasteiger partial charge in [-0.25, -0.2) is 15.0 Å². The van der Waals surface area contributed by atoms with Crippen molar-refractivity contribution in [3.63, 3.8) is 0 Å². The minimum Gasteiger partial charge on any atom is -0.455 e. The van der Waals surface area contributed by atoms with E-state index in [0.29, 0.717) is 17.5 Å². The number of rotatable bonds is 5. The predicted octanol–water partition coefficient (Wildman–Crippen LogP) is 12.4. The summed E-state index contributed by atoms with van der Waals surface area (Å²) < 4.78 is 6.82. The van der Waals surface area contributed by atoms with Gasteiger partial charge in [-0.15, -0.1) is 0 Å². The number of benzene rings is 8. The molecule has 0 saturated carbocycles. The maximum atomic E-state index is 6.82. The number of hydrogen-bond donors (Lipinski definition) is 0. The summed E-state index contributed by atoms with van der Waals surface area (Å²) in [5, 5.41) is 6.59. The topological polar surface area (TPSA) is 51.8 Å². The minimum atomic E-state index is 0.605. The fraction of sp³-hybridized carbons (Fsp3) is 0. The van der Waals surface area contributed by atoms with Crippen LogP contribution in [-0.4, -0.2) is 15.0 Å². The molecule has 8 aromatic carbocycles. The molecular weight excluding hydrogens is 623 g/mol. The summed E-state index contributed by atoms with van der Waals surface area (Å²) >= 11 is 0. The average Bonchev–Trinajstić information content (AvgIpc) is 3.60. The van der Waals surface area contributed by atoms with Crippen molar-refractivity contribution >= 4 is 43.5 Å². The van der Waals surface area contributed by atoms with Crippen molar-refractivity contribution in [2.24, 2.45) is 0 Å². The molecule has 0 radical (unpaired) electrons. The largest absolute Gasteiger partial charge is 0.455 e. The Labute approximate surface area is 294 Å². The number of furan rings is 1. The SMILES string of the molecule is c1ccc(-c2nc(-c3ccccc3)nc(-c3cc4ccccc4c4oc5cc(-c6cccc(-c7cccc8ccccc78)c6)ccc5c34)n2)cc1. The van der Waals surface area contributed by atoms with Crippen LogP contribution < -0.4 is 0 Å². The van der Waals surface area contributed by atoms with Crippen molar-refractivity contribution in [1.82, 2.24) is 15.0 Å². The molecule has 0 aliphatic rings. The summed E-state index contributed by atoms with van der Waals surface area (Å²) in [6.07, 6.45) is 0. The zero-order valence-electron chi connectivity index (χ0n) is 27.5. The quantitative estimate of drug-likeness (QED) is 0.186. The molecule has 0 aliphatic heterocycles. The maximum Gasteiger partial charge on any atom is 0.164 e. The van der Waals surface area contributed by atoms with Crippen LogP contribution in [-0.2, 0) is 0 Å². The standard InChI is InChI=1S/C47H29N3O/c1-3-14-31(15-4-1)45-48-46(32-16-5-2-6-17-32)50-47(49-45)41-28-36-18-8-10-23-39(36)44-43(41)40-26-25-34(29-42(40)51-44)33-20-11-21-35(27-33)38-24-12-19-30-13-7-9-22-37(30)38/h1-29H. The van der Waals surface area contributed by atoms with Gasteiger partial charge >= 0.3 is 0 Å². The Hall–Kier alpha value is -6.91. The molecule has 0 saturated heterocycles. The zero-order valence-corrected chi connectivity index (χ0v) is 27.5.